The maximum Gasteiger partial charge on any atom is 0.178 e. The number of carbonyl (C=O) groups is 1. The number of hydrogen-bond donors (Lipinski definition) is 0. The van der Waals surface area contributed by atoms with Crippen LogP contribution in [0.15, 0.2) is 18.2 Å². The third-order valence-electron chi connectivity index (χ3n) is 2.32. The molecule has 0 aliphatic rings. The van der Waals surface area contributed by atoms with Gasteiger partial charge in [-0.1, -0.05) is 37.0 Å². The summed E-state index contributed by atoms with van der Waals surface area (Å²) in [5.41, 5.74) is 0.495. The lowest BCUT2D eigenvalue weighted by Gasteiger charge is -2.18. The average Bonchev–Trinajstić information content (AvgIpc) is 2.20. The van der Waals surface area contributed by atoms with Crippen LogP contribution in [0.2, 0.25) is 10.0 Å². The SMILES string of the molecule is CC(C)CN(C)CC(=O)c1cc(Cl)ccc1Cl. The second kappa shape index (κ2) is 6.39. The first-order chi connectivity index (χ1) is 7.90. The van der Waals surface area contributed by atoms with Crippen LogP contribution in [0.4, 0.5) is 0 Å². The summed E-state index contributed by atoms with van der Waals surface area (Å²) in [6.45, 7) is 5.48. The molecule has 0 bridgehead atoms. The summed E-state index contributed by atoms with van der Waals surface area (Å²) in [5.74, 6) is 0.531. The van der Waals surface area contributed by atoms with Gasteiger partial charge in [-0.3, -0.25) is 9.69 Å². The van der Waals surface area contributed by atoms with E-state index < -0.39 is 0 Å². The maximum atomic E-state index is 12.0. The number of halogens is 2. The molecule has 1 rings (SSSR count). The molecule has 0 aromatic heterocycles. The van der Waals surface area contributed by atoms with Crippen LogP contribution < -0.4 is 0 Å². The van der Waals surface area contributed by atoms with Crippen LogP contribution >= 0.6 is 23.2 Å². The highest BCUT2D eigenvalue weighted by Crippen LogP contribution is 2.21. The van der Waals surface area contributed by atoms with Gasteiger partial charge in [-0.05, 0) is 31.2 Å². The van der Waals surface area contributed by atoms with Gasteiger partial charge in [0.1, 0.15) is 0 Å². The van der Waals surface area contributed by atoms with Crippen LogP contribution in [0.25, 0.3) is 0 Å². The predicted octanol–water partition coefficient (Wildman–Crippen LogP) is 3.76. The normalized spacial score (nSPS) is 11.2. The molecule has 0 atom stereocenters. The molecule has 0 aliphatic carbocycles. The summed E-state index contributed by atoms with van der Waals surface area (Å²) in [7, 11) is 1.93. The largest absolute Gasteiger partial charge is 0.299 e. The molecule has 1 aromatic carbocycles. The maximum absolute atomic E-state index is 12.0. The van der Waals surface area contributed by atoms with E-state index in [0.717, 1.165) is 6.54 Å². The van der Waals surface area contributed by atoms with Crippen LogP contribution in [-0.4, -0.2) is 30.8 Å². The summed E-state index contributed by atoms with van der Waals surface area (Å²) in [6, 6.07) is 4.95. The Hall–Kier alpha value is -0.570. The summed E-state index contributed by atoms with van der Waals surface area (Å²) in [5, 5.41) is 0.988. The number of likely N-dealkylation sites (N-methyl/N-ethyl adjacent to an activating group) is 1. The monoisotopic (exact) mass is 273 g/mol. The topological polar surface area (TPSA) is 20.3 Å². The van der Waals surface area contributed by atoms with Crippen LogP contribution in [0, 0.1) is 5.92 Å². The van der Waals surface area contributed by atoms with Crippen LogP contribution in [-0.2, 0) is 0 Å². The Morgan fingerprint density at radius 2 is 2.00 bits per heavy atom. The molecule has 0 fully saturated rings. The molecule has 1 aromatic rings. The number of ketones is 1. The minimum Gasteiger partial charge on any atom is -0.299 e. The van der Waals surface area contributed by atoms with E-state index in [1.54, 1.807) is 18.2 Å². The molecule has 0 N–H and O–H groups in total. The Kier molecular flexibility index (Phi) is 5.44. The van der Waals surface area contributed by atoms with Crippen molar-refractivity contribution in [3.8, 4) is 0 Å². The van der Waals surface area contributed by atoms with Crippen molar-refractivity contribution in [3.63, 3.8) is 0 Å². The third kappa shape index (κ3) is 4.66. The Morgan fingerprint density at radius 3 is 2.59 bits per heavy atom. The fourth-order valence-electron chi connectivity index (χ4n) is 1.73. The van der Waals surface area contributed by atoms with Gasteiger partial charge >= 0.3 is 0 Å². The van der Waals surface area contributed by atoms with Gasteiger partial charge in [-0.25, -0.2) is 0 Å². The van der Waals surface area contributed by atoms with E-state index in [2.05, 4.69) is 13.8 Å². The van der Waals surface area contributed by atoms with Crippen molar-refractivity contribution in [2.24, 2.45) is 5.92 Å². The van der Waals surface area contributed by atoms with Crippen molar-refractivity contribution >= 4 is 29.0 Å². The summed E-state index contributed by atoms with van der Waals surface area (Å²) in [6.07, 6.45) is 0. The highest BCUT2D eigenvalue weighted by atomic mass is 35.5. The zero-order valence-corrected chi connectivity index (χ0v) is 11.8. The van der Waals surface area contributed by atoms with E-state index in [9.17, 15) is 4.79 Å². The number of benzene rings is 1. The zero-order chi connectivity index (χ0) is 13.0. The molecule has 0 spiro atoms. The van der Waals surface area contributed by atoms with Crippen molar-refractivity contribution in [1.29, 1.82) is 0 Å². The third-order valence-corrected chi connectivity index (χ3v) is 2.88. The summed E-state index contributed by atoms with van der Waals surface area (Å²) < 4.78 is 0. The molecule has 17 heavy (non-hydrogen) atoms. The van der Waals surface area contributed by atoms with Crippen LogP contribution in [0.1, 0.15) is 24.2 Å². The first-order valence-electron chi connectivity index (χ1n) is 5.57. The second-order valence-electron chi connectivity index (χ2n) is 4.64. The van der Waals surface area contributed by atoms with Crippen molar-refractivity contribution < 1.29 is 4.79 Å². The van der Waals surface area contributed by atoms with E-state index in [1.165, 1.54) is 0 Å². The first kappa shape index (κ1) is 14.5. The smallest absolute Gasteiger partial charge is 0.178 e. The Labute approximate surface area is 113 Å². The van der Waals surface area contributed by atoms with E-state index >= 15 is 0 Å². The fourth-order valence-corrected chi connectivity index (χ4v) is 2.12. The molecule has 0 saturated heterocycles. The molecule has 0 radical (unpaired) electrons. The molecule has 0 aliphatic heterocycles. The van der Waals surface area contributed by atoms with Crippen LogP contribution in [0.3, 0.4) is 0 Å². The highest BCUT2D eigenvalue weighted by molar-refractivity contribution is 6.36. The Morgan fingerprint density at radius 1 is 1.35 bits per heavy atom. The fraction of sp³-hybridized carbons (Fsp3) is 0.462. The van der Waals surface area contributed by atoms with E-state index in [4.69, 9.17) is 23.2 Å². The number of nitrogens with zero attached hydrogens (tertiary/aromatic N) is 1. The van der Waals surface area contributed by atoms with E-state index in [1.807, 2.05) is 11.9 Å². The molecular weight excluding hydrogens is 257 g/mol. The molecule has 4 heteroatoms. The molecule has 0 saturated carbocycles. The number of rotatable bonds is 5. The second-order valence-corrected chi connectivity index (χ2v) is 5.48. The summed E-state index contributed by atoms with van der Waals surface area (Å²) in [4.78, 5) is 14.0. The van der Waals surface area contributed by atoms with Crippen molar-refractivity contribution in [1.82, 2.24) is 4.90 Å². The Balaban J connectivity index is 2.73. The number of carbonyl (C=O) groups excluding carboxylic acids is 1. The van der Waals surface area contributed by atoms with Gasteiger partial charge in [0.25, 0.3) is 0 Å². The van der Waals surface area contributed by atoms with E-state index in [-0.39, 0.29) is 5.78 Å². The van der Waals surface area contributed by atoms with Gasteiger partial charge in [-0.15, -0.1) is 0 Å². The van der Waals surface area contributed by atoms with Gasteiger partial charge in [0, 0.05) is 17.1 Å². The molecule has 0 amide bonds. The van der Waals surface area contributed by atoms with Crippen LogP contribution in [0.5, 0.6) is 0 Å². The quantitative estimate of drug-likeness (QED) is 0.762. The van der Waals surface area contributed by atoms with Crippen molar-refractivity contribution in [2.45, 2.75) is 13.8 Å². The summed E-state index contributed by atoms with van der Waals surface area (Å²) >= 11 is 11.8. The van der Waals surface area contributed by atoms with Crippen molar-refractivity contribution in [2.75, 3.05) is 20.1 Å². The minimum absolute atomic E-state index is 0.000602. The van der Waals surface area contributed by atoms with Crippen molar-refractivity contribution in [3.05, 3.63) is 33.8 Å². The number of hydrogen-bond acceptors (Lipinski definition) is 2. The minimum atomic E-state index is 0.000602. The lowest BCUT2D eigenvalue weighted by Crippen LogP contribution is -2.29. The molecule has 0 unspecified atom stereocenters. The lowest BCUT2D eigenvalue weighted by atomic mass is 10.1. The molecule has 2 nitrogen and oxygen atoms in total. The van der Waals surface area contributed by atoms with Gasteiger partial charge in [-0.2, -0.15) is 0 Å². The van der Waals surface area contributed by atoms with Gasteiger partial charge in [0.05, 0.1) is 11.6 Å². The number of Topliss-reactive ketones (excluding diaryl/α,β-unsaturated/α-hetero) is 1. The Bertz CT molecular complexity index is 404. The molecular formula is C13H17Cl2NO. The van der Waals surface area contributed by atoms with E-state index in [0.29, 0.717) is 28.1 Å². The highest BCUT2D eigenvalue weighted by Gasteiger charge is 2.13. The molecule has 94 valence electrons. The standard InChI is InChI=1S/C13H17Cl2NO/c1-9(2)7-16(3)8-13(17)11-6-10(14)4-5-12(11)15/h4-6,9H,7-8H2,1-3H3. The first-order valence-corrected chi connectivity index (χ1v) is 6.32. The van der Waals surface area contributed by atoms with Gasteiger partial charge in [0.2, 0.25) is 0 Å². The predicted molar refractivity (Wildman–Crippen MR) is 73.1 cm³/mol. The lowest BCUT2D eigenvalue weighted by molar-refractivity contribution is 0.0941. The van der Waals surface area contributed by atoms with Gasteiger partial charge < -0.3 is 0 Å². The average molecular weight is 274 g/mol. The molecule has 0 heterocycles. The zero-order valence-electron chi connectivity index (χ0n) is 10.3. The van der Waals surface area contributed by atoms with Gasteiger partial charge in [0.15, 0.2) is 5.78 Å².